The Hall–Kier alpha value is -0.650. The zero-order valence-electron chi connectivity index (χ0n) is 12.3. The molecule has 2 rings (SSSR count). The molecule has 1 N–H and O–H groups in total. The molecule has 0 aliphatic carbocycles. The lowest BCUT2D eigenvalue weighted by molar-refractivity contribution is 0.118. The fourth-order valence-electron chi connectivity index (χ4n) is 2.47. The van der Waals surface area contributed by atoms with Gasteiger partial charge in [0.25, 0.3) is 0 Å². The van der Waals surface area contributed by atoms with Crippen LogP contribution in [0.25, 0.3) is 0 Å². The summed E-state index contributed by atoms with van der Waals surface area (Å²) in [6, 6.07) is 0.842. The monoisotopic (exact) mass is 283 g/mol. The zero-order valence-corrected chi connectivity index (χ0v) is 13.2. The molecule has 1 aliphatic rings. The lowest BCUT2D eigenvalue weighted by Gasteiger charge is -2.26. The van der Waals surface area contributed by atoms with Crippen molar-refractivity contribution < 1.29 is 4.74 Å². The summed E-state index contributed by atoms with van der Waals surface area (Å²) in [5.74, 6) is 0. The number of nitrogens with zero attached hydrogens (tertiary/aromatic N) is 2. The quantitative estimate of drug-likeness (QED) is 0.871. The Bertz CT molecular complexity index is 396. The first kappa shape index (κ1) is 14.8. The highest BCUT2D eigenvalue weighted by molar-refractivity contribution is 7.15. The molecule has 0 spiro atoms. The number of anilines is 1. The summed E-state index contributed by atoms with van der Waals surface area (Å²) < 4.78 is 5.64. The van der Waals surface area contributed by atoms with Crippen molar-refractivity contribution in [1.29, 1.82) is 0 Å². The van der Waals surface area contributed by atoms with Crippen molar-refractivity contribution >= 4 is 16.5 Å². The minimum Gasteiger partial charge on any atom is -0.376 e. The van der Waals surface area contributed by atoms with E-state index in [0.29, 0.717) is 18.2 Å². The van der Waals surface area contributed by atoms with Gasteiger partial charge in [0.15, 0.2) is 5.13 Å². The largest absolute Gasteiger partial charge is 0.376 e. The lowest BCUT2D eigenvalue weighted by Crippen LogP contribution is -2.36. The van der Waals surface area contributed by atoms with Crippen LogP contribution < -0.4 is 10.2 Å². The van der Waals surface area contributed by atoms with Crippen LogP contribution in [0.4, 0.5) is 5.13 Å². The molecule has 1 fully saturated rings. The van der Waals surface area contributed by atoms with Crippen molar-refractivity contribution in [2.45, 2.75) is 51.8 Å². The van der Waals surface area contributed by atoms with E-state index in [2.05, 4.69) is 43.0 Å². The molecule has 108 valence electrons. The second-order valence-corrected chi connectivity index (χ2v) is 6.30. The molecule has 0 radical (unpaired) electrons. The summed E-state index contributed by atoms with van der Waals surface area (Å²) >= 11 is 1.79. The molecule has 5 heteroatoms. The van der Waals surface area contributed by atoms with Crippen LogP contribution >= 0.6 is 11.3 Å². The number of nitrogens with one attached hydrogen (secondary N) is 1. The van der Waals surface area contributed by atoms with Crippen molar-refractivity contribution in [3.63, 3.8) is 0 Å². The van der Waals surface area contributed by atoms with Crippen LogP contribution in [-0.4, -0.2) is 37.3 Å². The van der Waals surface area contributed by atoms with Crippen molar-refractivity contribution in [1.82, 2.24) is 10.3 Å². The van der Waals surface area contributed by atoms with Crippen LogP contribution in [0.1, 0.15) is 44.5 Å². The van der Waals surface area contributed by atoms with E-state index in [1.807, 2.05) is 6.20 Å². The summed E-state index contributed by atoms with van der Waals surface area (Å²) in [4.78, 5) is 8.16. The Morgan fingerprint density at radius 3 is 3.05 bits per heavy atom. The number of aromatic nitrogens is 1. The molecule has 19 heavy (non-hydrogen) atoms. The summed E-state index contributed by atoms with van der Waals surface area (Å²) in [5.41, 5.74) is 0. The van der Waals surface area contributed by atoms with Crippen LogP contribution in [0.15, 0.2) is 6.20 Å². The molecule has 1 saturated heterocycles. The van der Waals surface area contributed by atoms with Crippen molar-refractivity contribution in [2.24, 2.45) is 0 Å². The van der Waals surface area contributed by atoms with Gasteiger partial charge in [-0.25, -0.2) is 4.98 Å². The number of ether oxygens (including phenoxy) is 1. The molecule has 3 atom stereocenters. The summed E-state index contributed by atoms with van der Waals surface area (Å²) in [6.45, 7) is 8.45. The average Bonchev–Trinajstić information content (AvgIpc) is 3.03. The molecular formula is C14H25N3OS. The van der Waals surface area contributed by atoms with E-state index in [0.717, 1.165) is 31.1 Å². The molecule has 0 aromatic carbocycles. The molecule has 0 saturated carbocycles. The highest BCUT2D eigenvalue weighted by Gasteiger charge is 2.29. The van der Waals surface area contributed by atoms with Gasteiger partial charge in [-0.05, 0) is 33.2 Å². The Balaban J connectivity index is 1.99. The Kier molecular flexibility index (Phi) is 5.19. The predicted molar refractivity (Wildman–Crippen MR) is 81.0 cm³/mol. The van der Waals surface area contributed by atoms with Gasteiger partial charge >= 0.3 is 0 Å². The van der Waals surface area contributed by atoms with Gasteiger partial charge in [0, 0.05) is 30.8 Å². The van der Waals surface area contributed by atoms with Gasteiger partial charge in [-0.2, -0.15) is 0 Å². The van der Waals surface area contributed by atoms with Crippen molar-refractivity contribution in [3.8, 4) is 0 Å². The van der Waals surface area contributed by atoms with E-state index in [9.17, 15) is 0 Å². The third-order valence-corrected chi connectivity index (χ3v) is 5.04. The molecule has 3 unspecified atom stereocenters. The van der Waals surface area contributed by atoms with Gasteiger partial charge in [0.05, 0.1) is 12.1 Å². The van der Waals surface area contributed by atoms with E-state index in [1.54, 1.807) is 11.3 Å². The van der Waals surface area contributed by atoms with Crippen LogP contribution in [0.3, 0.4) is 0 Å². The van der Waals surface area contributed by atoms with Gasteiger partial charge in [-0.3, -0.25) is 0 Å². The van der Waals surface area contributed by atoms with Crippen molar-refractivity contribution in [2.75, 3.05) is 25.1 Å². The number of hydrogen-bond acceptors (Lipinski definition) is 5. The van der Waals surface area contributed by atoms with Gasteiger partial charge in [0.2, 0.25) is 0 Å². The molecule has 1 aliphatic heterocycles. The van der Waals surface area contributed by atoms with Crippen LogP contribution in [0.5, 0.6) is 0 Å². The molecule has 2 heterocycles. The number of hydrogen-bond donors (Lipinski definition) is 1. The molecular weight excluding hydrogens is 258 g/mol. The van der Waals surface area contributed by atoms with E-state index in [-0.39, 0.29) is 0 Å². The first-order valence-electron chi connectivity index (χ1n) is 7.17. The first-order chi connectivity index (χ1) is 9.13. The third kappa shape index (κ3) is 3.46. The van der Waals surface area contributed by atoms with E-state index >= 15 is 0 Å². The van der Waals surface area contributed by atoms with E-state index < -0.39 is 0 Å². The SMILES string of the molecule is CCCNC(C)c1cnc(N(C)C2CCOC2C)s1. The first-order valence-corrected chi connectivity index (χ1v) is 7.98. The van der Waals surface area contributed by atoms with Crippen LogP contribution in [0.2, 0.25) is 0 Å². The van der Waals surface area contributed by atoms with Gasteiger partial charge in [0.1, 0.15) is 0 Å². The second-order valence-electron chi connectivity index (χ2n) is 5.26. The standard InChI is InChI=1S/C14H25N3OS/c1-5-7-15-10(2)13-9-16-14(19-13)17(4)12-6-8-18-11(12)3/h9-12,15H,5-8H2,1-4H3. The maximum Gasteiger partial charge on any atom is 0.185 e. The van der Waals surface area contributed by atoms with E-state index in [1.165, 1.54) is 4.88 Å². The van der Waals surface area contributed by atoms with Gasteiger partial charge in [-0.15, -0.1) is 11.3 Å². The summed E-state index contributed by atoms with van der Waals surface area (Å²) in [7, 11) is 2.13. The molecule has 1 aromatic heterocycles. The highest BCUT2D eigenvalue weighted by atomic mass is 32.1. The normalized spacial score (nSPS) is 24.6. The third-order valence-electron chi connectivity index (χ3n) is 3.77. The van der Waals surface area contributed by atoms with Crippen LogP contribution in [0, 0.1) is 0 Å². The zero-order chi connectivity index (χ0) is 13.8. The minimum absolute atomic E-state index is 0.299. The Morgan fingerprint density at radius 2 is 2.42 bits per heavy atom. The summed E-state index contributed by atoms with van der Waals surface area (Å²) in [6.07, 6.45) is 4.56. The van der Waals surface area contributed by atoms with Crippen molar-refractivity contribution in [3.05, 3.63) is 11.1 Å². The molecule has 0 amide bonds. The van der Waals surface area contributed by atoms with E-state index in [4.69, 9.17) is 4.74 Å². The molecule has 4 nitrogen and oxygen atoms in total. The van der Waals surface area contributed by atoms with Gasteiger partial charge < -0.3 is 15.0 Å². The topological polar surface area (TPSA) is 37.4 Å². The smallest absolute Gasteiger partial charge is 0.185 e. The Labute approximate surface area is 120 Å². The average molecular weight is 283 g/mol. The fraction of sp³-hybridized carbons (Fsp3) is 0.786. The fourth-order valence-corrected chi connectivity index (χ4v) is 3.43. The molecule has 1 aromatic rings. The molecule has 0 bridgehead atoms. The minimum atomic E-state index is 0.299. The number of rotatable bonds is 6. The number of likely N-dealkylation sites (N-methyl/N-ethyl adjacent to an activating group) is 1. The predicted octanol–water partition coefficient (Wildman–Crippen LogP) is 2.82. The lowest BCUT2D eigenvalue weighted by atomic mass is 10.1. The maximum absolute atomic E-state index is 5.64. The maximum atomic E-state index is 5.64. The van der Waals surface area contributed by atoms with Crippen LogP contribution in [-0.2, 0) is 4.74 Å². The number of thiazole rings is 1. The second kappa shape index (κ2) is 6.68. The van der Waals surface area contributed by atoms with Gasteiger partial charge in [-0.1, -0.05) is 6.92 Å². The highest BCUT2D eigenvalue weighted by Crippen LogP contribution is 2.30. The Morgan fingerprint density at radius 1 is 1.63 bits per heavy atom. The summed E-state index contributed by atoms with van der Waals surface area (Å²) in [5, 5.41) is 4.61.